The molecule has 0 aliphatic carbocycles. The largest absolute Gasteiger partial charge is 0.352 e. The molecule has 0 fully saturated rings. The Morgan fingerprint density at radius 1 is 1.16 bits per heavy atom. The number of hydrogen-bond donors (Lipinski definition) is 1. The maximum Gasteiger partial charge on any atom is 0.267 e. The van der Waals surface area contributed by atoms with Crippen LogP contribution in [0.15, 0.2) is 47.3 Å². The van der Waals surface area contributed by atoms with Crippen molar-refractivity contribution in [2.75, 3.05) is 0 Å². The number of hydrogen-bond acceptors (Lipinski definition) is 4. The molecule has 0 radical (unpaired) electrons. The molecule has 7 nitrogen and oxygen atoms in total. The lowest BCUT2D eigenvalue weighted by Crippen LogP contribution is -2.38. The van der Waals surface area contributed by atoms with E-state index in [1.807, 2.05) is 38.5 Å². The van der Waals surface area contributed by atoms with Crippen LogP contribution in [-0.4, -0.2) is 32.1 Å². The first kappa shape index (κ1) is 23.5. The zero-order chi connectivity index (χ0) is 23.4. The molecule has 0 spiro atoms. The smallest absolute Gasteiger partial charge is 0.267 e. The van der Waals surface area contributed by atoms with Gasteiger partial charge in [-0.2, -0.15) is 5.10 Å². The van der Waals surface area contributed by atoms with Gasteiger partial charge in [0.15, 0.2) is 0 Å². The quantitative estimate of drug-likeness (QED) is 0.529. The summed E-state index contributed by atoms with van der Waals surface area (Å²) in [7, 11) is 1.83. The molecule has 1 unspecified atom stereocenters. The molecule has 1 atom stereocenters. The second-order valence-corrected chi connectivity index (χ2v) is 8.37. The highest BCUT2D eigenvalue weighted by molar-refractivity contribution is 6.30. The molecule has 1 amide bonds. The van der Waals surface area contributed by atoms with Crippen LogP contribution >= 0.6 is 11.6 Å². The first-order valence-corrected chi connectivity index (χ1v) is 10.9. The highest BCUT2D eigenvalue weighted by atomic mass is 35.5. The Hall–Kier alpha value is -3.19. The van der Waals surface area contributed by atoms with Gasteiger partial charge in [-0.05, 0) is 62.2 Å². The van der Waals surface area contributed by atoms with Crippen LogP contribution in [0.5, 0.6) is 0 Å². The zero-order valence-electron chi connectivity index (χ0n) is 18.7. The Morgan fingerprint density at radius 2 is 1.84 bits per heavy atom. The average molecular weight is 455 g/mol. The molecule has 1 N–H and O–H groups in total. The third kappa shape index (κ3) is 5.34. The van der Waals surface area contributed by atoms with Crippen molar-refractivity contribution < 1.29 is 9.59 Å². The number of aryl methyl sites for hydroxylation is 1. The topological polar surface area (TPSA) is 86.0 Å². The highest BCUT2D eigenvalue weighted by Gasteiger charge is 2.19. The van der Waals surface area contributed by atoms with E-state index in [0.29, 0.717) is 28.4 Å². The number of aromatic nitrogens is 3. The van der Waals surface area contributed by atoms with Crippen LogP contribution in [0.1, 0.15) is 53.3 Å². The number of halogens is 1. The summed E-state index contributed by atoms with van der Waals surface area (Å²) in [5.74, 6) is -0.343. The van der Waals surface area contributed by atoms with E-state index in [2.05, 4.69) is 10.4 Å². The third-order valence-electron chi connectivity index (χ3n) is 5.44. The van der Waals surface area contributed by atoms with E-state index in [1.54, 1.807) is 30.3 Å². The Bertz CT molecular complexity index is 1190. The molecule has 8 heteroatoms. The van der Waals surface area contributed by atoms with Crippen molar-refractivity contribution in [3.63, 3.8) is 0 Å². The Balaban J connectivity index is 1.83. The summed E-state index contributed by atoms with van der Waals surface area (Å²) in [5.41, 5.74) is 3.17. The fourth-order valence-electron chi connectivity index (χ4n) is 3.51. The second kappa shape index (κ2) is 9.96. The summed E-state index contributed by atoms with van der Waals surface area (Å²) in [5, 5.41) is 7.78. The van der Waals surface area contributed by atoms with Gasteiger partial charge >= 0.3 is 0 Å². The van der Waals surface area contributed by atoms with Crippen molar-refractivity contribution in [2.24, 2.45) is 7.05 Å². The van der Waals surface area contributed by atoms with E-state index in [-0.39, 0.29) is 29.8 Å². The molecular weight excluding hydrogens is 428 g/mol. The molecule has 0 saturated carbocycles. The van der Waals surface area contributed by atoms with Gasteiger partial charge in [-0.15, -0.1) is 0 Å². The van der Waals surface area contributed by atoms with E-state index in [9.17, 15) is 14.4 Å². The SMILES string of the molecule is CCC(C)NC(=O)Cn1nc(Cc2cc(C)c(C(=O)c3ccc(Cl)cc3)n2C)ccc1=O. The van der Waals surface area contributed by atoms with Gasteiger partial charge < -0.3 is 9.88 Å². The van der Waals surface area contributed by atoms with E-state index in [1.165, 1.54) is 10.7 Å². The summed E-state index contributed by atoms with van der Waals surface area (Å²) < 4.78 is 3.02. The summed E-state index contributed by atoms with van der Waals surface area (Å²) in [6, 6.07) is 11.8. The molecule has 0 saturated heterocycles. The Kier molecular flexibility index (Phi) is 7.30. The van der Waals surface area contributed by atoms with Crippen molar-refractivity contribution in [2.45, 2.75) is 46.2 Å². The molecule has 2 heterocycles. The average Bonchev–Trinajstić information content (AvgIpc) is 3.03. The number of nitrogens with zero attached hydrogens (tertiary/aromatic N) is 3. The van der Waals surface area contributed by atoms with Gasteiger partial charge in [-0.25, -0.2) is 4.68 Å². The van der Waals surface area contributed by atoms with Gasteiger partial charge in [0.05, 0.1) is 11.4 Å². The molecule has 1 aromatic carbocycles. The molecular formula is C24H27ClN4O3. The highest BCUT2D eigenvalue weighted by Crippen LogP contribution is 2.21. The van der Waals surface area contributed by atoms with Gasteiger partial charge in [0.1, 0.15) is 6.54 Å². The monoisotopic (exact) mass is 454 g/mol. The van der Waals surface area contributed by atoms with Crippen LogP contribution in [0.2, 0.25) is 5.02 Å². The van der Waals surface area contributed by atoms with Crippen molar-refractivity contribution in [3.8, 4) is 0 Å². The maximum atomic E-state index is 13.0. The van der Waals surface area contributed by atoms with Crippen LogP contribution in [-0.2, 0) is 24.8 Å². The minimum Gasteiger partial charge on any atom is -0.352 e. The lowest BCUT2D eigenvalue weighted by molar-refractivity contribution is -0.122. The molecule has 32 heavy (non-hydrogen) atoms. The molecule has 0 bridgehead atoms. The summed E-state index contributed by atoms with van der Waals surface area (Å²) in [4.78, 5) is 37.4. The van der Waals surface area contributed by atoms with Crippen LogP contribution < -0.4 is 10.9 Å². The van der Waals surface area contributed by atoms with Gasteiger partial charge in [0.25, 0.3) is 5.56 Å². The minimum absolute atomic E-state index is 0.0318. The van der Waals surface area contributed by atoms with Gasteiger partial charge in [0.2, 0.25) is 11.7 Å². The number of amides is 1. The van der Waals surface area contributed by atoms with Gasteiger partial charge in [0, 0.05) is 41.9 Å². The zero-order valence-corrected chi connectivity index (χ0v) is 19.4. The number of nitrogens with one attached hydrogen (secondary N) is 1. The van der Waals surface area contributed by atoms with Crippen molar-refractivity contribution in [1.82, 2.24) is 19.7 Å². The fraction of sp³-hybridized carbons (Fsp3) is 0.333. The van der Waals surface area contributed by atoms with E-state index in [4.69, 9.17) is 11.6 Å². The first-order valence-electron chi connectivity index (χ1n) is 10.5. The molecule has 2 aromatic heterocycles. The van der Waals surface area contributed by atoms with Crippen molar-refractivity contribution in [3.05, 3.63) is 86.0 Å². The van der Waals surface area contributed by atoms with E-state index < -0.39 is 0 Å². The third-order valence-corrected chi connectivity index (χ3v) is 5.69. The normalized spacial score (nSPS) is 11.9. The Labute approximate surface area is 192 Å². The predicted octanol–water partition coefficient (Wildman–Crippen LogP) is 3.28. The van der Waals surface area contributed by atoms with Crippen LogP contribution in [0, 0.1) is 6.92 Å². The number of carbonyl (C=O) groups is 2. The molecule has 0 aliphatic rings. The number of carbonyl (C=O) groups excluding carboxylic acids is 2. The maximum absolute atomic E-state index is 13.0. The molecule has 3 rings (SSSR count). The van der Waals surface area contributed by atoms with Crippen LogP contribution in [0.3, 0.4) is 0 Å². The van der Waals surface area contributed by atoms with E-state index >= 15 is 0 Å². The van der Waals surface area contributed by atoms with Crippen LogP contribution in [0.4, 0.5) is 0 Å². The van der Waals surface area contributed by atoms with Crippen molar-refractivity contribution in [1.29, 1.82) is 0 Å². The second-order valence-electron chi connectivity index (χ2n) is 7.94. The number of rotatable bonds is 8. The molecule has 168 valence electrons. The van der Waals surface area contributed by atoms with Crippen molar-refractivity contribution >= 4 is 23.3 Å². The minimum atomic E-state index is -0.338. The number of ketones is 1. The number of benzene rings is 1. The summed E-state index contributed by atoms with van der Waals surface area (Å²) in [6.07, 6.45) is 1.22. The Morgan fingerprint density at radius 3 is 2.50 bits per heavy atom. The fourth-order valence-corrected chi connectivity index (χ4v) is 3.63. The lowest BCUT2D eigenvalue weighted by atomic mass is 10.1. The summed E-state index contributed by atoms with van der Waals surface area (Å²) in [6.45, 7) is 5.64. The summed E-state index contributed by atoms with van der Waals surface area (Å²) >= 11 is 5.93. The molecule has 0 aliphatic heterocycles. The standard InChI is InChI=1S/C24H27ClN4O3/c1-5-16(3)26-21(30)14-29-22(31)11-10-19(27-29)13-20-12-15(2)23(28(20)4)24(32)17-6-8-18(25)9-7-17/h6-12,16H,5,13-14H2,1-4H3,(H,26,30). The molecule has 3 aromatic rings. The van der Waals surface area contributed by atoms with Gasteiger partial charge in [-0.3, -0.25) is 14.4 Å². The lowest BCUT2D eigenvalue weighted by Gasteiger charge is -2.12. The van der Waals surface area contributed by atoms with Gasteiger partial charge in [-0.1, -0.05) is 18.5 Å². The van der Waals surface area contributed by atoms with Crippen LogP contribution in [0.25, 0.3) is 0 Å². The van der Waals surface area contributed by atoms with E-state index in [0.717, 1.165) is 17.7 Å². The first-order chi connectivity index (χ1) is 15.2. The predicted molar refractivity (Wildman–Crippen MR) is 124 cm³/mol.